The van der Waals surface area contributed by atoms with Crippen molar-refractivity contribution in [2.75, 3.05) is 6.54 Å². The fourth-order valence-electron chi connectivity index (χ4n) is 2.43. The number of aryl methyl sites for hydroxylation is 2. The molecule has 0 aliphatic carbocycles. The summed E-state index contributed by atoms with van der Waals surface area (Å²) in [5, 5.41) is 3.63. The molecule has 1 unspecified atom stereocenters. The lowest BCUT2D eigenvalue weighted by Crippen LogP contribution is -2.27. The van der Waals surface area contributed by atoms with E-state index in [9.17, 15) is 0 Å². The summed E-state index contributed by atoms with van der Waals surface area (Å²) in [6, 6.07) is 9.08. The zero-order valence-electron chi connectivity index (χ0n) is 12.8. The van der Waals surface area contributed by atoms with Gasteiger partial charge >= 0.3 is 0 Å². The van der Waals surface area contributed by atoms with Gasteiger partial charge in [0.15, 0.2) is 0 Å². The van der Waals surface area contributed by atoms with Gasteiger partial charge in [0.2, 0.25) is 0 Å². The van der Waals surface area contributed by atoms with Gasteiger partial charge in [-0.2, -0.15) is 0 Å². The molecular weight excluding hydrogens is 246 g/mol. The summed E-state index contributed by atoms with van der Waals surface area (Å²) in [4.78, 5) is 4.55. The van der Waals surface area contributed by atoms with Crippen molar-refractivity contribution in [2.45, 2.75) is 46.2 Å². The number of hydrogen-bond acceptors (Lipinski definition) is 2. The van der Waals surface area contributed by atoms with Crippen molar-refractivity contribution in [1.29, 1.82) is 0 Å². The van der Waals surface area contributed by atoms with Crippen LogP contribution in [0, 0.1) is 6.92 Å². The summed E-state index contributed by atoms with van der Waals surface area (Å²) in [7, 11) is 0. The molecule has 0 saturated carbocycles. The molecule has 108 valence electrons. The lowest BCUT2D eigenvalue weighted by Gasteiger charge is -2.19. The van der Waals surface area contributed by atoms with E-state index in [1.807, 2.05) is 6.20 Å². The Morgan fingerprint density at radius 1 is 1.20 bits per heavy atom. The van der Waals surface area contributed by atoms with Crippen molar-refractivity contribution >= 4 is 0 Å². The van der Waals surface area contributed by atoms with E-state index in [0.717, 1.165) is 31.8 Å². The Morgan fingerprint density at radius 2 is 1.95 bits per heavy atom. The van der Waals surface area contributed by atoms with Crippen molar-refractivity contribution in [1.82, 2.24) is 14.9 Å². The number of nitrogens with one attached hydrogen (secondary N) is 1. The van der Waals surface area contributed by atoms with Crippen LogP contribution in [0.15, 0.2) is 36.7 Å². The number of rotatable bonds is 7. The third-order valence-electron chi connectivity index (χ3n) is 3.60. The zero-order chi connectivity index (χ0) is 14.4. The first kappa shape index (κ1) is 14.8. The van der Waals surface area contributed by atoms with E-state index >= 15 is 0 Å². The van der Waals surface area contributed by atoms with Gasteiger partial charge in [0.05, 0.1) is 6.04 Å². The van der Waals surface area contributed by atoms with Crippen LogP contribution < -0.4 is 5.32 Å². The number of hydrogen-bond donors (Lipinski definition) is 1. The maximum Gasteiger partial charge on any atom is 0.126 e. The van der Waals surface area contributed by atoms with Crippen molar-refractivity contribution in [3.63, 3.8) is 0 Å². The highest BCUT2D eigenvalue weighted by atomic mass is 15.1. The van der Waals surface area contributed by atoms with Crippen LogP contribution in [-0.4, -0.2) is 16.1 Å². The molecule has 0 aliphatic heterocycles. The second-order valence-electron chi connectivity index (χ2n) is 5.27. The van der Waals surface area contributed by atoms with Gasteiger partial charge in [-0.1, -0.05) is 36.8 Å². The molecule has 0 bridgehead atoms. The fraction of sp³-hybridized carbons (Fsp3) is 0.471. The molecule has 1 aromatic carbocycles. The Kier molecular flexibility index (Phi) is 5.36. The van der Waals surface area contributed by atoms with Gasteiger partial charge < -0.3 is 9.88 Å². The molecule has 1 aromatic heterocycles. The van der Waals surface area contributed by atoms with Gasteiger partial charge in [-0.05, 0) is 38.8 Å². The number of benzene rings is 1. The summed E-state index contributed by atoms with van der Waals surface area (Å²) in [5.74, 6) is 1.14. The molecule has 1 heterocycles. The first-order valence-electron chi connectivity index (χ1n) is 7.54. The molecule has 2 aromatic rings. The molecule has 0 aliphatic rings. The topological polar surface area (TPSA) is 29.9 Å². The molecule has 3 heteroatoms. The quantitative estimate of drug-likeness (QED) is 0.835. The molecule has 0 spiro atoms. The van der Waals surface area contributed by atoms with Gasteiger partial charge in [-0.25, -0.2) is 4.98 Å². The van der Waals surface area contributed by atoms with Crippen molar-refractivity contribution in [3.8, 4) is 0 Å². The van der Waals surface area contributed by atoms with Crippen molar-refractivity contribution in [3.05, 3.63) is 53.6 Å². The van der Waals surface area contributed by atoms with Crippen LogP contribution in [0.3, 0.4) is 0 Å². The summed E-state index contributed by atoms with van der Waals surface area (Å²) in [6.45, 7) is 8.47. The Balaban J connectivity index is 2.17. The van der Waals surface area contributed by atoms with Crippen LogP contribution in [0.5, 0.6) is 0 Å². The van der Waals surface area contributed by atoms with Crippen LogP contribution in [0.2, 0.25) is 0 Å². The summed E-state index contributed by atoms with van der Waals surface area (Å²) in [6.07, 6.45) is 6.08. The molecule has 0 amide bonds. The van der Waals surface area contributed by atoms with Crippen molar-refractivity contribution in [2.24, 2.45) is 0 Å². The lowest BCUT2D eigenvalue weighted by atomic mass is 10.0. The molecule has 2 rings (SSSR count). The van der Waals surface area contributed by atoms with E-state index in [0.29, 0.717) is 0 Å². The highest BCUT2D eigenvalue weighted by molar-refractivity contribution is 5.23. The van der Waals surface area contributed by atoms with E-state index in [1.165, 1.54) is 11.1 Å². The van der Waals surface area contributed by atoms with Crippen LogP contribution in [0.25, 0.3) is 0 Å². The van der Waals surface area contributed by atoms with Crippen LogP contribution >= 0.6 is 0 Å². The van der Waals surface area contributed by atoms with E-state index in [2.05, 4.69) is 66.1 Å². The second kappa shape index (κ2) is 7.25. The van der Waals surface area contributed by atoms with Gasteiger partial charge in [-0.15, -0.1) is 0 Å². The molecule has 0 fully saturated rings. The Hall–Kier alpha value is -1.61. The van der Waals surface area contributed by atoms with Gasteiger partial charge in [0.25, 0.3) is 0 Å². The predicted molar refractivity (Wildman–Crippen MR) is 83.8 cm³/mol. The first-order chi connectivity index (χ1) is 9.74. The maximum absolute atomic E-state index is 4.55. The lowest BCUT2D eigenvalue weighted by molar-refractivity contribution is 0.482. The molecule has 0 radical (unpaired) electrons. The van der Waals surface area contributed by atoms with Gasteiger partial charge in [-0.3, -0.25) is 0 Å². The summed E-state index contributed by atoms with van der Waals surface area (Å²) in [5.41, 5.74) is 2.66. The summed E-state index contributed by atoms with van der Waals surface area (Å²) < 4.78 is 2.22. The fourth-order valence-corrected chi connectivity index (χ4v) is 2.43. The smallest absolute Gasteiger partial charge is 0.126 e. The first-order valence-corrected chi connectivity index (χ1v) is 7.54. The third kappa shape index (κ3) is 3.70. The van der Waals surface area contributed by atoms with Crippen LogP contribution in [-0.2, 0) is 13.0 Å². The number of imidazole rings is 1. The van der Waals surface area contributed by atoms with Crippen LogP contribution in [0.1, 0.15) is 43.3 Å². The highest BCUT2D eigenvalue weighted by Crippen LogP contribution is 2.18. The van der Waals surface area contributed by atoms with Gasteiger partial charge in [0, 0.05) is 18.9 Å². The van der Waals surface area contributed by atoms with Gasteiger partial charge in [0.1, 0.15) is 5.82 Å². The molecular formula is C17H25N3. The SMILES string of the molecule is CCCNC(Cc1ccc(C)cc1)c1nccn1CC. The highest BCUT2D eigenvalue weighted by Gasteiger charge is 2.16. The van der Waals surface area contributed by atoms with Crippen LogP contribution in [0.4, 0.5) is 0 Å². The zero-order valence-corrected chi connectivity index (χ0v) is 12.8. The minimum atomic E-state index is 0.285. The normalized spacial score (nSPS) is 12.6. The third-order valence-corrected chi connectivity index (χ3v) is 3.60. The monoisotopic (exact) mass is 271 g/mol. The van der Waals surface area contributed by atoms with Crippen molar-refractivity contribution < 1.29 is 0 Å². The molecule has 1 atom stereocenters. The average molecular weight is 271 g/mol. The largest absolute Gasteiger partial charge is 0.334 e. The maximum atomic E-state index is 4.55. The summed E-state index contributed by atoms with van der Waals surface area (Å²) >= 11 is 0. The Labute approximate surface area is 122 Å². The van der Waals surface area contributed by atoms with E-state index in [4.69, 9.17) is 0 Å². The standard InChI is InChI=1S/C17H25N3/c1-4-10-18-16(17-19-11-12-20(17)5-2)13-15-8-6-14(3)7-9-15/h6-9,11-12,16,18H,4-5,10,13H2,1-3H3. The molecule has 0 saturated heterocycles. The average Bonchev–Trinajstić information content (AvgIpc) is 2.94. The second-order valence-corrected chi connectivity index (χ2v) is 5.27. The number of nitrogens with zero attached hydrogens (tertiary/aromatic N) is 2. The Morgan fingerprint density at radius 3 is 2.60 bits per heavy atom. The predicted octanol–water partition coefficient (Wildman–Crippen LogP) is 3.49. The molecule has 1 N–H and O–H groups in total. The number of aromatic nitrogens is 2. The molecule has 3 nitrogen and oxygen atoms in total. The minimum absolute atomic E-state index is 0.285. The van der Waals surface area contributed by atoms with E-state index < -0.39 is 0 Å². The van der Waals surface area contributed by atoms with E-state index in [1.54, 1.807) is 0 Å². The Bertz CT molecular complexity index is 513. The minimum Gasteiger partial charge on any atom is -0.334 e. The molecule has 20 heavy (non-hydrogen) atoms. The van der Waals surface area contributed by atoms with E-state index in [-0.39, 0.29) is 6.04 Å².